The van der Waals surface area contributed by atoms with Gasteiger partial charge in [0.15, 0.2) is 0 Å². The van der Waals surface area contributed by atoms with E-state index < -0.39 is 0 Å². The number of H-pyrrole nitrogens is 1. The zero-order chi connectivity index (χ0) is 17.9. The molecule has 1 aliphatic heterocycles. The summed E-state index contributed by atoms with van der Waals surface area (Å²) in [6.45, 7) is 2.11. The standard InChI is InChI=1S/C20H20N4O2/c1-26-20-15(8-5-10-21-20)12-24-11-9-17-16(13-24)19(25)23-18(22-17)14-6-3-2-4-7-14/h2-8,10H,9,11-13H2,1H3,(H,22,23,25). The minimum atomic E-state index is -0.0586. The van der Waals surface area contributed by atoms with E-state index in [0.29, 0.717) is 24.8 Å². The molecule has 26 heavy (non-hydrogen) atoms. The van der Waals surface area contributed by atoms with E-state index in [9.17, 15) is 4.79 Å². The second-order valence-corrected chi connectivity index (χ2v) is 6.34. The largest absolute Gasteiger partial charge is 0.481 e. The van der Waals surface area contributed by atoms with Gasteiger partial charge in [0.2, 0.25) is 5.88 Å². The maximum atomic E-state index is 12.6. The Balaban J connectivity index is 1.59. The lowest BCUT2D eigenvalue weighted by Crippen LogP contribution is -2.35. The first-order valence-corrected chi connectivity index (χ1v) is 8.62. The van der Waals surface area contributed by atoms with Gasteiger partial charge in [0.1, 0.15) is 5.82 Å². The average molecular weight is 348 g/mol. The Morgan fingerprint density at radius 2 is 2.04 bits per heavy atom. The number of nitrogens with one attached hydrogen (secondary N) is 1. The van der Waals surface area contributed by atoms with Crippen molar-refractivity contribution >= 4 is 0 Å². The van der Waals surface area contributed by atoms with Gasteiger partial charge in [-0.1, -0.05) is 36.4 Å². The average Bonchev–Trinajstić information content (AvgIpc) is 2.69. The van der Waals surface area contributed by atoms with E-state index in [4.69, 9.17) is 9.72 Å². The zero-order valence-electron chi connectivity index (χ0n) is 14.6. The van der Waals surface area contributed by atoms with Crippen LogP contribution < -0.4 is 10.3 Å². The first-order chi connectivity index (χ1) is 12.7. The molecule has 0 saturated heterocycles. The summed E-state index contributed by atoms with van der Waals surface area (Å²) >= 11 is 0. The highest BCUT2D eigenvalue weighted by Crippen LogP contribution is 2.22. The molecule has 132 valence electrons. The molecule has 0 saturated carbocycles. The molecule has 6 heteroatoms. The van der Waals surface area contributed by atoms with Crippen molar-refractivity contribution in [3.8, 4) is 17.3 Å². The van der Waals surface area contributed by atoms with Gasteiger partial charge in [0, 0.05) is 43.4 Å². The van der Waals surface area contributed by atoms with E-state index in [0.717, 1.165) is 35.3 Å². The van der Waals surface area contributed by atoms with Crippen LogP contribution in [0.25, 0.3) is 11.4 Å². The molecule has 3 heterocycles. The minimum absolute atomic E-state index is 0.0586. The van der Waals surface area contributed by atoms with Crippen LogP contribution in [-0.4, -0.2) is 33.5 Å². The number of aromatic nitrogens is 3. The van der Waals surface area contributed by atoms with Gasteiger partial charge < -0.3 is 9.72 Å². The van der Waals surface area contributed by atoms with E-state index in [2.05, 4.69) is 14.9 Å². The summed E-state index contributed by atoms with van der Waals surface area (Å²) in [5, 5.41) is 0. The Kier molecular flexibility index (Phi) is 4.50. The third-order valence-corrected chi connectivity index (χ3v) is 4.63. The number of ether oxygens (including phenoxy) is 1. The highest BCUT2D eigenvalue weighted by molar-refractivity contribution is 5.54. The van der Waals surface area contributed by atoms with Crippen molar-refractivity contribution in [1.82, 2.24) is 19.9 Å². The topological polar surface area (TPSA) is 71.1 Å². The van der Waals surface area contributed by atoms with Crippen LogP contribution in [0.15, 0.2) is 53.5 Å². The number of pyridine rings is 1. The molecule has 0 unspecified atom stereocenters. The fourth-order valence-electron chi connectivity index (χ4n) is 3.32. The maximum absolute atomic E-state index is 12.6. The van der Waals surface area contributed by atoms with Crippen LogP contribution in [0.2, 0.25) is 0 Å². The molecule has 0 fully saturated rings. The minimum Gasteiger partial charge on any atom is -0.481 e. The summed E-state index contributed by atoms with van der Waals surface area (Å²) in [6.07, 6.45) is 2.47. The molecule has 1 aliphatic rings. The number of aromatic amines is 1. The van der Waals surface area contributed by atoms with Crippen LogP contribution in [0.4, 0.5) is 0 Å². The Morgan fingerprint density at radius 1 is 1.19 bits per heavy atom. The van der Waals surface area contributed by atoms with Crippen molar-refractivity contribution < 1.29 is 4.74 Å². The summed E-state index contributed by atoms with van der Waals surface area (Å²) < 4.78 is 5.33. The van der Waals surface area contributed by atoms with Gasteiger partial charge in [-0.05, 0) is 6.07 Å². The van der Waals surface area contributed by atoms with Gasteiger partial charge in [-0.2, -0.15) is 0 Å². The third-order valence-electron chi connectivity index (χ3n) is 4.63. The van der Waals surface area contributed by atoms with E-state index >= 15 is 0 Å². The van der Waals surface area contributed by atoms with Crippen LogP contribution >= 0.6 is 0 Å². The highest BCUT2D eigenvalue weighted by Gasteiger charge is 2.22. The van der Waals surface area contributed by atoms with Crippen LogP contribution in [0.5, 0.6) is 5.88 Å². The molecule has 6 nitrogen and oxygen atoms in total. The fourth-order valence-corrected chi connectivity index (χ4v) is 3.32. The fraction of sp³-hybridized carbons (Fsp3) is 0.250. The molecule has 3 aromatic rings. The molecular formula is C20H20N4O2. The van der Waals surface area contributed by atoms with E-state index in [1.165, 1.54) is 0 Å². The van der Waals surface area contributed by atoms with Crippen LogP contribution in [-0.2, 0) is 19.5 Å². The summed E-state index contributed by atoms with van der Waals surface area (Å²) in [6, 6.07) is 13.6. The molecule has 0 aliphatic carbocycles. The lowest BCUT2D eigenvalue weighted by molar-refractivity contribution is 0.237. The molecule has 0 spiro atoms. The van der Waals surface area contributed by atoms with Gasteiger partial charge in [0.05, 0.1) is 18.4 Å². The highest BCUT2D eigenvalue weighted by atomic mass is 16.5. The van der Waals surface area contributed by atoms with Crippen molar-refractivity contribution in [3.05, 3.63) is 75.8 Å². The van der Waals surface area contributed by atoms with Crippen molar-refractivity contribution in [2.24, 2.45) is 0 Å². The lowest BCUT2D eigenvalue weighted by Gasteiger charge is -2.28. The van der Waals surface area contributed by atoms with Crippen molar-refractivity contribution in [3.63, 3.8) is 0 Å². The number of benzene rings is 1. The summed E-state index contributed by atoms with van der Waals surface area (Å²) in [7, 11) is 1.62. The van der Waals surface area contributed by atoms with Gasteiger partial charge in [0.25, 0.3) is 5.56 Å². The normalized spacial score (nSPS) is 14.0. The number of rotatable bonds is 4. The molecule has 0 bridgehead atoms. The molecular weight excluding hydrogens is 328 g/mol. The Morgan fingerprint density at radius 3 is 2.85 bits per heavy atom. The number of nitrogens with zero attached hydrogens (tertiary/aromatic N) is 3. The SMILES string of the molecule is COc1ncccc1CN1CCc2nc(-c3ccccc3)[nH]c(=O)c2C1. The predicted octanol–water partition coefficient (Wildman–Crippen LogP) is 2.40. The monoisotopic (exact) mass is 348 g/mol. The van der Waals surface area contributed by atoms with Crippen molar-refractivity contribution in [1.29, 1.82) is 0 Å². The van der Waals surface area contributed by atoms with Crippen LogP contribution in [0.3, 0.4) is 0 Å². The molecule has 1 N–H and O–H groups in total. The van der Waals surface area contributed by atoms with Crippen LogP contribution in [0, 0.1) is 0 Å². The molecule has 0 radical (unpaired) electrons. The second-order valence-electron chi connectivity index (χ2n) is 6.34. The van der Waals surface area contributed by atoms with Crippen molar-refractivity contribution in [2.75, 3.05) is 13.7 Å². The van der Waals surface area contributed by atoms with E-state index in [-0.39, 0.29) is 5.56 Å². The summed E-state index contributed by atoms with van der Waals surface area (Å²) in [4.78, 5) is 26.7. The molecule has 1 aromatic carbocycles. The number of hydrogen-bond acceptors (Lipinski definition) is 5. The molecule has 2 aromatic heterocycles. The summed E-state index contributed by atoms with van der Waals surface area (Å²) in [5.74, 6) is 1.27. The Hall–Kier alpha value is -2.99. The van der Waals surface area contributed by atoms with Crippen molar-refractivity contribution in [2.45, 2.75) is 19.5 Å². The zero-order valence-corrected chi connectivity index (χ0v) is 14.6. The first kappa shape index (κ1) is 16.5. The number of hydrogen-bond donors (Lipinski definition) is 1. The number of fused-ring (bicyclic) bond motifs is 1. The number of methoxy groups -OCH3 is 1. The van der Waals surface area contributed by atoms with E-state index in [1.807, 2.05) is 42.5 Å². The molecule has 4 rings (SSSR count). The Labute approximate surface area is 151 Å². The maximum Gasteiger partial charge on any atom is 0.255 e. The van der Waals surface area contributed by atoms with Gasteiger partial charge in [-0.25, -0.2) is 9.97 Å². The van der Waals surface area contributed by atoms with Gasteiger partial charge in [-0.15, -0.1) is 0 Å². The first-order valence-electron chi connectivity index (χ1n) is 8.62. The van der Waals surface area contributed by atoms with Crippen LogP contribution in [0.1, 0.15) is 16.8 Å². The lowest BCUT2D eigenvalue weighted by atomic mass is 10.1. The molecule has 0 amide bonds. The third kappa shape index (κ3) is 3.23. The Bertz CT molecular complexity index is 969. The van der Waals surface area contributed by atoms with Gasteiger partial charge >= 0.3 is 0 Å². The second kappa shape index (κ2) is 7.09. The predicted molar refractivity (Wildman–Crippen MR) is 98.9 cm³/mol. The smallest absolute Gasteiger partial charge is 0.255 e. The van der Waals surface area contributed by atoms with E-state index in [1.54, 1.807) is 13.3 Å². The van der Waals surface area contributed by atoms with Gasteiger partial charge in [-0.3, -0.25) is 9.69 Å². The molecule has 0 atom stereocenters. The summed E-state index contributed by atoms with van der Waals surface area (Å²) in [5.41, 5.74) is 3.52. The quantitative estimate of drug-likeness (QED) is 0.784.